The predicted octanol–water partition coefficient (Wildman–Crippen LogP) is 3.42. The van der Waals surface area contributed by atoms with E-state index < -0.39 is 5.97 Å². The first-order chi connectivity index (χ1) is 10.5. The number of halogens is 1. The summed E-state index contributed by atoms with van der Waals surface area (Å²) in [5.74, 6) is -0.220. The molecule has 0 spiro atoms. The van der Waals surface area contributed by atoms with Crippen molar-refractivity contribution >= 4 is 34.5 Å². The van der Waals surface area contributed by atoms with Gasteiger partial charge in [0.05, 0.1) is 16.2 Å². The summed E-state index contributed by atoms with van der Waals surface area (Å²) in [6.45, 7) is 1.85. The molecule has 6 heteroatoms. The minimum atomic E-state index is -0.996. The van der Waals surface area contributed by atoms with Crippen molar-refractivity contribution in [1.29, 1.82) is 0 Å². The van der Waals surface area contributed by atoms with E-state index in [-0.39, 0.29) is 0 Å². The number of aryl methyl sites for hydroxylation is 2. The zero-order chi connectivity index (χ0) is 15.9. The quantitative estimate of drug-likeness (QED) is 0.753. The number of carboxylic acids is 1. The van der Waals surface area contributed by atoms with Crippen LogP contribution in [-0.4, -0.2) is 25.4 Å². The van der Waals surface area contributed by atoms with Crippen LogP contribution < -0.4 is 0 Å². The SMILES string of the molecule is Cc1nn(C)c(-n2cc(Cl)c3ccccc32)c1C=CC(=O)O. The van der Waals surface area contributed by atoms with Gasteiger partial charge in [-0.05, 0) is 19.1 Å². The summed E-state index contributed by atoms with van der Waals surface area (Å²) in [4.78, 5) is 10.8. The molecule has 112 valence electrons. The van der Waals surface area contributed by atoms with Crippen molar-refractivity contribution in [3.05, 3.63) is 52.8 Å². The first-order valence-electron chi connectivity index (χ1n) is 6.69. The van der Waals surface area contributed by atoms with Crippen LogP contribution in [0, 0.1) is 6.92 Å². The summed E-state index contributed by atoms with van der Waals surface area (Å²) in [5, 5.41) is 14.8. The number of aromatic nitrogens is 3. The fourth-order valence-corrected chi connectivity index (χ4v) is 2.87. The van der Waals surface area contributed by atoms with E-state index in [4.69, 9.17) is 16.7 Å². The van der Waals surface area contributed by atoms with Crippen LogP contribution in [0.4, 0.5) is 0 Å². The summed E-state index contributed by atoms with van der Waals surface area (Å²) in [6, 6.07) is 7.78. The topological polar surface area (TPSA) is 60.0 Å². The van der Waals surface area contributed by atoms with Crippen molar-refractivity contribution in [3.63, 3.8) is 0 Å². The number of carboxylic acid groups (broad SMARTS) is 1. The number of nitrogens with zero attached hydrogens (tertiary/aromatic N) is 3. The summed E-state index contributed by atoms with van der Waals surface area (Å²) >= 11 is 6.30. The Labute approximate surface area is 132 Å². The lowest BCUT2D eigenvalue weighted by molar-refractivity contribution is -0.131. The Kier molecular flexibility index (Phi) is 3.50. The predicted molar refractivity (Wildman–Crippen MR) is 86.5 cm³/mol. The Balaban J connectivity index is 2.29. The average Bonchev–Trinajstić information content (AvgIpc) is 2.94. The first-order valence-corrected chi connectivity index (χ1v) is 7.07. The van der Waals surface area contributed by atoms with Crippen molar-refractivity contribution in [2.24, 2.45) is 7.05 Å². The molecule has 0 radical (unpaired) electrons. The monoisotopic (exact) mass is 315 g/mol. The Hall–Kier alpha value is -2.53. The maximum atomic E-state index is 10.8. The van der Waals surface area contributed by atoms with E-state index in [9.17, 15) is 4.79 Å². The van der Waals surface area contributed by atoms with Crippen molar-refractivity contribution in [2.75, 3.05) is 0 Å². The van der Waals surface area contributed by atoms with Crippen LogP contribution in [0.2, 0.25) is 5.02 Å². The lowest BCUT2D eigenvalue weighted by Crippen LogP contribution is -2.03. The highest BCUT2D eigenvalue weighted by molar-refractivity contribution is 6.35. The van der Waals surface area contributed by atoms with Gasteiger partial charge in [0.2, 0.25) is 0 Å². The standard InChI is InChI=1S/C16H14ClN3O2/c1-10-11(7-8-15(21)22)16(19(2)18-10)20-9-13(17)12-5-3-4-6-14(12)20/h3-9H,1-2H3,(H,21,22). The molecule has 0 amide bonds. The third-order valence-corrected chi connectivity index (χ3v) is 3.82. The van der Waals surface area contributed by atoms with Crippen molar-refractivity contribution < 1.29 is 9.90 Å². The van der Waals surface area contributed by atoms with E-state index in [1.54, 1.807) is 10.8 Å². The average molecular weight is 316 g/mol. The highest BCUT2D eigenvalue weighted by Gasteiger charge is 2.16. The van der Waals surface area contributed by atoms with Crippen molar-refractivity contribution in [3.8, 4) is 5.82 Å². The van der Waals surface area contributed by atoms with Gasteiger partial charge in [-0.1, -0.05) is 29.8 Å². The third-order valence-electron chi connectivity index (χ3n) is 3.52. The van der Waals surface area contributed by atoms with Gasteiger partial charge in [-0.3, -0.25) is 9.25 Å². The van der Waals surface area contributed by atoms with Crippen LogP contribution in [0.1, 0.15) is 11.3 Å². The number of aliphatic carboxylic acids is 1. The summed E-state index contributed by atoms with van der Waals surface area (Å²) < 4.78 is 3.65. The molecule has 0 aliphatic heterocycles. The number of benzene rings is 1. The minimum Gasteiger partial charge on any atom is -0.478 e. The zero-order valence-electron chi connectivity index (χ0n) is 12.1. The fraction of sp³-hybridized carbons (Fsp3) is 0.125. The highest BCUT2D eigenvalue weighted by atomic mass is 35.5. The lowest BCUT2D eigenvalue weighted by Gasteiger charge is -2.07. The molecule has 1 N–H and O–H groups in total. The van der Waals surface area contributed by atoms with Gasteiger partial charge in [-0.15, -0.1) is 0 Å². The van der Waals surface area contributed by atoms with Gasteiger partial charge in [-0.2, -0.15) is 5.10 Å². The van der Waals surface area contributed by atoms with Gasteiger partial charge in [0, 0.05) is 30.3 Å². The van der Waals surface area contributed by atoms with Crippen LogP contribution in [0.25, 0.3) is 22.8 Å². The van der Waals surface area contributed by atoms with Crippen LogP contribution in [0.5, 0.6) is 0 Å². The Bertz CT molecular complexity index is 906. The van der Waals surface area contributed by atoms with Gasteiger partial charge >= 0.3 is 5.97 Å². The lowest BCUT2D eigenvalue weighted by atomic mass is 10.2. The number of hydrogen-bond donors (Lipinski definition) is 1. The molecule has 0 aliphatic carbocycles. The van der Waals surface area contributed by atoms with Crippen LogP contribution in [0.3, 0.4) is 0 Å². The van der Waals surface area contributed by atoms with Crippen molar-refractivity contribution in [1.82, 2.24) is 14.3 Å². The Morgan fingerprint density at radius 2 is 2.09 bits per heavy atom. The van der Waals surface area contributed by atoms with Crippen LogP contribution >= 0.6 is 11.6 Å². The summed E-state index contributed by atoms with van der Waals surface area (Å²) in [7, 11) is 1.82. The highest BCUT2D eigenvalue weighted by Crippen LogP contribution is 2.30. The van der Waals surface area contributed by atoms with Gasteiger partial charge in [0.1, 0.15) is 5.82 Å². The maximum absolute atomic E-state index is 10.8. The van der Waals surface area contributed by atoms with E-state index in [2.05, 4.69) is 5.10 Å². The fourth-order valence-electron chi connectivity index (χ4n) is 2.61. The molecule has 0 atom stereocenters. The van der Waals surface area contributed by atoms with Gasteiger partial charge in [0.15, 0.2) is 0 Å². The second kappa shape index (κ2) is 5.35. The number of fused-ring (bicyclic) bond motifs is 1. The molecule has 5 nitrogen and oxygen atoms in total. The third kappa shape index (κ3) is 2.29. The van der Waals surface area contributed by atoms with E-state index in [0.717, 1.165) is 34.1 Å². The Morgan fingerprint density at radius 1 is 1.36 bits per heavy atom. The number of para-hydroxylation sites is 1. The minimum absolute atomic E-state index is 0.641. The molecule has 22 heavy (non-hydrogen) atoms. The molecule has 0 bridgehead atoms. The Morgan fingerprint density at radius 3 is 2.82 bits per heavy atom. The van der Waals surface area contributed by atoms with Crippen molar-refractivity contribution in [2.45, 2.75) is 6.92 Å². The maximum Gasteiger partial charge on any atom is 0.328 e. The molecule has 2 heterocycles. The molecule has 0 aliphatic rings. The number of carbonyl (C=O) groups is 1. The van der Waals surface area contributed by atoms with E-state index >= 15 is 0 Å². The zero-order valence-corrected chi connectivity index (χ0v) is 12.9. The molecular weight excluding hydrogens is 302 g/mol. The smallest absolute Gasteiger partial charge is 0.328 e. The molecular formula is C16H14ClN3O2. The van der Waals surface area contributed by atoms with Gasteiger partial charge < -0.3 is 5.11 Å². The van der Waals surface area contributed by atoms with E-state index in [1.165, 1.54) is 0 Å². The summed E-state index contributed by atoms with van der Waals surface area (Å²) in [5.41, 5.74) is 2.45. The molecule has 1 aromatic carbocycles. The molecule has 0 fully saturated rings. The second-order valence-corrected chi connectivity index (χ2v) is 5.39. The molecule has 0 saturated carbocycles. The van der Waals surface area contributed by atoms with Gasteiger partial charge in [0.25, 0.3) is 0 Å². The first kappa shape index (κ1) is 14.4. The largest absolute Gasteiger partial charge is 0.478 e. The normalized spacial score (nSPS) is 11.6. The van der Waals surface area contributed by atoms with E-state index in [1.807, 2.05) is 49.0 Å². The molecule has 0 saturated heterocycles. The molecule has 3 aromatic rings. The molecule has 2 aromatic heterocycles. The molecule has 3 rings (SSSR count). The number of hydrogen-bond acceptors (Lipinski definition) is 2. The second-order valence-electron chi connectivity index (χ2n) is 4.98. The van der Waals surface area contributed by atoms with Crippen LogP contribution in [0.15, 0.2) is 36.5 Å². The van der Waals surface area contributed by atoms with Gasteiger partial charge in [-0.25, -0.2) is 4.79 Å². The van der Waals surface area contributed by atoms with Crippen LogP contribution in [-0.2, 0) is 11.8 Å². The molecule has 0 unspecified atom stereocenters. The number of rotatable bonds is 3. The van der Waals surface area contributed by atoms with E-state index in [0.29, 0.717) is 5.02 Å². The summed E-state index contributed by atoms with van der Waals surface area (Å²) in [6.07, 6.45) is 4.49.